The Morgan fingerprint density at radius 1 is 1.23 bits per heavy atom. The molecule has 31 heavy (non-hydrogen) atoms. The van der Waals surface area contributed by atoms with Gasteiger partial charge in [0.1, 0.15) is 0 Å². The molecular weight excluding hydrogens is 414 g/mol. The predicted octanol–water partition coefficient (Wildman–Crippen LogP) is 2.66. The summed E-state index contributed by atoms with van der Waals surface area (Å²) in [5.41, 5.74) is 3.48. The SMILES string of the molecule is CC(=O)N(C)CCS(=O)(=O)c1ccc(N2CC[C@H](O)C2)c(-c2cc3ccccc3[nH]2)c1. The normalized spacial score (nSPS) is 16.7. The summed E-state index contributed by atoms with van der Waals surface area (Å²) in [6, 6.07) is 15.1. The first-order chi connectivity index (χ1) is 14.7. The van der Waals surface area contributed by atoms with E-state index < -0.39 is 9.84 Å². The lowest BCUT2D eigenvalue weighted by Gasteiger charge is -2.22. The summed E-state index contributed by atoms with van der Waals surface area (Å²) >= 11 is 0. The molecule has 1 atom stereocenters. The molecule has 1 amide bonds. The van der Waals surface area contributed by atoms with Gasteiger partial charge < -0.3 is 19.9 Å². The van der Waals surface area contributed by atoms with Crippen LogP contribution in [0.2, 0.25) is 0 Å². The molecule has 1 saturated heterocycles. The lowest BCUT2D eigenvalue weighted by atomic mass is 10.1. The van der Waals surface area contributed by atoms with Crippen LogP contribution in [0.4, 0.5) is 5.69 Å². The zero-order valence-electron chi connectivity index (χ0n) is 17.7. The Balaban J connectivity index is 1.75. The van der Waals surface area contributed by atoms with Gasteiger partial charge in [0.05, 0.1) is 16.8 Å². The fourth-order valence-electron chi connectivity index (χ4n) is 3.91. The number of nitrogens with zero attached hydrogens (tertiary/aromatic N) is 2. The van der Waals surface area contributed by atoms with Gasteiger partial charge >= 0.3 is 0 Å². The maximum absolute atomic E-state index is 13.0. The van der Waals surface area contributed by atoms with Gasteiger partial charge in [-0.3, -0.25) is 4.79 Å². The van der Waals surface area contributed by atoms with Crippen molar-refractivity contribution in [2.24, 2.45) is 0 Å². The first-order valence-electron chi connectivity index (χ1n) is 10.3. The van der Waals surface area contributed by atoms with Gasteiger partial charge in [0.25, 0.3) is 0 Å². The second kappa shape index (κ2) is 8.36. The van der Waals surface area contributed by atoms with Crippen molar-refractivity contribution < 1.29 is 18.3 Å². The van der Waals surface area contributed by atoms with Crippen LogP contribution in [-0.4, -0.2) is 67.9 Å². The van der Waals surface area contributed by atoms with Crippen LogP contribution in [0.25, 0.3) is 22.2 Å². The minimum atomic E-state index is -3.58. The topological polar surface area (TPSA) is 93.7 Å². The van der Waals surface area contributed by atoms with E-state index in [1.165, 1.54) is 11.8 Å². The van der Waals surface area contributed by atoms with Gasteiger partial charge in [-0.1, -0.05) is 18.2 Å². The quantitative estimate of drug-likeness (QED) is 0.613. The van der Waals surface area contributed by atoms with Gasteiger partial charge in [-0.15, -0.1) is 0 Å². The number of nitrogens with one attached hydrogen (secondary N) is 1. The zero-order valence-corrected chi connectivity index (χ0v) is 18.5. The molecule has 0 spiro atoms. The molecule has 0 radical (unpaired) electrons. The van der Waals surface area contributed by atoms with E-state index in [2.05, 4.69) is 9.88 Å². The van der Waals surface area contributed by atoms with Gasteiger partial charge in [0.15, 0.2) is 9.84 Å². The van der Waals surface area contributed by atoms with E-state index in [4.69, 9.17) is 0 Å². The molecule has 8 heteroatoms. The molecule has 7 nitrogen and oxygen atoms in total. The van der Waals surface area contributed by atoms with Crippen LogP contribution in [0.15, 0.2) is 53.4 Å². The van der Waals surface area contributed by atoms with E-state index in [-0.39, 0.29) is 29.2 Å². The van der Waals surface area contributed by atoms with Crippen molar-refractivity contribution in [2.45, 2.75) is 24.3 Å². The summed E-state index contributed by atoms with van der Waals surface area (Å²) < 4.78 is 26.0. The Bertz CT molecular complexity index is 1190. The van der Waals surface area contributed by atoms with Gasteiger partial charge in [0.2, 0.25) is 5.91 Å². The van der Waals surface area contributed by atoms with Crippen LogP contribution in [0.1, 0.15) is 13.3 Å². The average molecular weight is 442 g/mol. The second-order valence-corrected chi connectivity index (χ2v) is 10.2. The number of β-amino-alcohol motifs (C(OH)–C–C–N with tert-alkyl or cyclic N) is 1. The first-order valence-corrected chi connectivity index (χ1v) is 12.0. The molecule has 4 rings (SSSR count). The monoisotopic (exact) mass is 441 g/mol. The highest BCUT2D eigenvalue weighted by Gasteiger charge is 2.25. The third-order valence-electron chi connectivity index (χ3n) is 5.88. The van der Waals surface area contributed by atoms with Crippen LogP contribution in [-0.2, 0) is 14.6 Å². The molecule has 0 saturated carbocycles. The summed E-state index contributed by atoms with van der Waals surface area (Å²) in [5, 5.41) is 11.1. The van der Waals surface area contributed by atoms with E-state index in [0.717, 1.165) is 27.8 Å². The number of aromatic amines is 1. The molecule has 164 valence electrons. The van der Waals surface area contributed by atoms with Crippen molar-refractivity contribution in [1.82, 2.24) is 9.88 Å². The molecular formula is C23H27N3O4S. The Kier molecular flexibility index (Phi) is 5.77. The summed E-state index contributed by atoms with van der Waals surface area (Å²) in [5.74, 6) is -0.311. The third kappa shape index (κ3) is 4.45. The van der Waals surface area contributed by atoms with E-state index in [1.807, 2.05) is 36.4 Å². The van der Waals surface area contributed by atoms with E-state index in [1.54, 1.807) is 19.2 Å². The molecule has 1 aliphatic rings. The molecule has 0 aliphatic carbocycles. The number of sulfone groups is 1. The number of fused-ring (bicyclic) bond motifs is 1. The molecule has 2 heterocycles. The molecule has 1 aromatic heterocycles. The maximum Gasteiger partial charge on any atom is 0.219 e. The average Bonchev–Trinajstić information content (AvgIpc) is 3.37. The summed E-state index contributed by atoms with van der Waals surface area (Å²) in [6.07, 6.45) is 0.296. The van der Waals surface area contributed by atoms with Crippen LogP contribution in [0.3, 0.4) is 0 Å². The number of aliphatic hydroxyl groups is 1. The number of amides is 1. The Morgan fingerprint density at radius 3 is 2.68 bits per heavy atom. The predicted molar refractivity (Wildman–Crippen MR) is 122 cm³/mol. The number of hydrogen-bond donors (Lipinski definition) is 2. The molecule has 0 unspecified atom stereocenters. The number of carbonyl (C=O) groups excluding carboxylic acids is 1. The van der Waals surface area contributed by atoms with Crippen LogP contribution >= 0.6 is 0 Å². The summed E-state index contributed by atoms with van der Waals surface area (Å²) in [6.45, 7) is 2.78. The fourth-order valence-corrected chi connectivity index (χ4v) is 5.23. The number of H-pyrrole nitrogens is 1. The molecule has 3 aromatic rings. The first kappa shape index (κ1) is 21.4. The van der Waals surface area contributed by atoms with E-state index in [9.17, 15) is 18.3 Å². The fraction of sp³-hybridized carbons (Fsp3) is 0.348. The van der Waals surface area contributed by atoms with E-state index >= 15 is 0 Å². The van der Waals surface area contributed by atoms with Crippen molar-refractivity contribution in [2.75, 3.05) is 37.3 Å². The Hall–Kier alpha value is -2.84. The molecule has 1 aliphatic heterocycles. The number of anilines is 1. The van der Waals surface area contributed by atoms with Crippen molar-refractivity contribution in [1.29, 1.82) is 0 Å². The smallest absolute Gasteiger partial charge is 0.219 e. The van der Waals surface area contributed by atoms with Crippen molar-refractivity contribution in [3.63, 3.8) is 0 Å². The standard InChI is InChI=1S/C23H27N3O4S/c1-16(27)25(2)11-12-31(29,30)19-7-8-23(26-10-9-18(28)15-26)20(14-19)22-13-17-5-3-4-6-21(17)24-22/h3-8,13-14,18,24,28H,9-12,15H2,1-2H3/t18-/m0/s1. The lowest BCUT2D eigenvalue weighted by molar-refractivity contribution is -0.127. The number of benzene rings is 2. The highest BCUT2D eigenvalue weighted by molar-refractivity contribution is 7.91. The second-order valence-electron chi connectivity index (χ2n) is 8.10. The number of rotatable bonds is 6. The highest BCUT2D eigenvalue weighted by Crippen LogP contribution is 2.36. The van der Waals surface area contributed by atoms with Gasteiger partial charge in [0, 0.05) is 61.5 Å². The minimum Gasteiger partial charge on any atom is -0.391 e. The van der Waals surface area contributed by atoms with Gasteiger partial charge in [-0.2, -0.15) is 0 Å². The Labute approximate surface area is 182 Å². The molecule has 2 aromatic carbocycles. The van der Waals surface area contributed by atoms with Crippen molar-refractivity contribution in [3.8, 4) is 11.3 Å². The third-order valence-corrected chi connectivity index (χ3v) is 7.58. The van der Waals surface area contributed by atoms with E-state index in [0.29, 0.717) is 19.5 Å². The number of carbonyl (C=O) groups is 1. The maximum atomic E-state index is 13.0. The summed E-state index contributed by atoms with van der Waals surface area (Å²) in [7, 11) is -1.98. The minimum absolute atomic E-state index is 0.138. The van der Waals surface area contributed by atoms with Gasteiger partial charge in [-0.05, 0) is 36.8 Å². The van der Waals surface area contributed by atoms with Gasteiger partial charge in [-0.25, -0.2) is 8.42 Å². The number of para-hydroxylation sites is 1. The highest BCUT2D eigenvalue weighted by atomic mass is 32.2. The van der Waals surface area contributed by atoms with Crippen LogP contribution in [0, 0.1) is 0 Å². The molecule has 1 fully saturated rings. The largest absolute Gasteiger partial charge is 0.391 e. The zero-order chi connectivity index (χ0) is 22.2. The number of aliphatic hydroxyl groups excluding tert-OH is 1. The van der Waals surface area contributed by atoms with Crippen molar-refractivity contribution >= 4 is 32.3 Å². The number of hydrogen-bond acceptors (Lipinski definition) is 5. The summed E-state index contributed by atoms with van der Waals surface area (Å²) in [4.78, 5) is 18.5. The lowest BCUT2D eigenvalue weighted by Crippen LogP contribution is -2.29. The number of aromatic nitrogens is 1. The molecule has 2 N–H and O–H groups in total. The van der Waals surface area contributed by atoms with Crippen LogP contribution in [0.5, 0.6) is 0 Å². The molecule has 0 bridgehead atoms. The van der Waals surface area contributed by atoms with Crippen molar-refractivity contribution in [3.05, 3.63) is 48.5 Å². The Morgan fingerprint density at radius 2 is 2.00 bits per heavy atom. The van der Waals surface area contributed by atoms with Crippen LogP contribution < -0.4 is 4.90 Å².